The summed E-state index contributed by atoms with van der Waals surface area (Å²) in [6, 6.07) is 0. The van der Waals surface area contributed by atoms with E-state index in [0.29, 0.717) is 0 Å². The fourth-order valence-electron chi connectivity index (χ4n) is 0.0315. The zero-order valence-corrected chi connectivity index (χ0v) is 3.95. The van der Waals surface area contributed by atoms with Crippen LogP contribution in [-0.4, -0.2) is 18.6 Å². The summed E-state index contributed by atoms with van der Waals surface area (Å²) in [6.07, 6.45) is -0.0486. The van der Waals surface area contributed by atoms with Gasteiger partial charge in [-0.1, -0.05) is 0 Å². The van der Waals surface area contributed by atoms with Crippen molar-refractivity contribution in [3.8, 4) is 0 Å². The zero-order chi connectivity index (χ0) is 5.91. The summed E-state index contributed by atoms with van der Waals surface area (Å²) in [5.74, 6) is 0. The van der Waals surface area contributed by atoms with E-state index in [9.17, 15) is 13.6 Å². The normalized spacial score (nSPS) is 18.1. The molecule has 0 rings (SSSR count). The Kier molecular flexibility index (Phi) is 1.87. The molecule has 3 heteroatoms. The molecule has 0 saturated carbocycles. The van der Waals surface area contributed by atoms with E-state index in [1.807, 2.05) is 0 Å². The van der Waals surface area contributed by atoms with Gasteiger partial charge >= 0.3 is 0 Å². The van der Waals surface area contributed by atoms with Gasteiger partial charge in [-0.3, -0.25) is 4.79 Å². The van der Waals surface area contributed by atoms with Crippen LogP contribution in [0.25, 0.3) is 0 Å². The number of rotatable bonds is 2. The molecule has 42 valence electrons. The molecule has 0 aliphatic heterocycles. The average Bonchev–Trinajstić information content (AvgIpc) is 1.68. The second kappa shape index (κ2) is 2.00. The highest BCUT2D eigenvalue weighted by Crippen LogP contribution is 2.04. The lowest BCUT2D eigenvalue weighted by Crippen LogP contribution is -2.21. The van der Waals surface area contributed by atoms with Gasteiger partial charge in [0.05, 0.1) is 0 Å². The minimum Gasteiger partial charge on any atom is -0.300 e. The van der Waals surface area contributed by atoms with Gasteiger partial charge in [-0.05, 0) is 6.92 Å². The highest BCUT2D eigenvalue weighted by Gasteiger charge is 2.20. The lowest BCUT2D eigenvalue weighted by molar-refractivity contribution is -0.117. The van der Waals surface area contributed by atoms with Crippen LogP contribution < -0.4 is 0 Å². The molecule has 0 saturated heterocycles. The van der Waals surface area contributed by atoms with E-state index < -0.39 is 12.3 Å². The Hall–Kier alpha value is -0.470. The number of hydrogen-bond acceptors (Lipinski definition) is 1. The van der Waals surface area contributed by atoms with Crippen LogP contribution in [0.3, 0.4) is 0 Å². The van der Waals surface area contributed by atoms with E-state index in [2.05, 4.69) is 0 Å². The van der Waals surface area contributed by atoms with Crippen molar-refractivity contribution in [3.05, 3.63) is 0 Å². The van der Waals surface area contributed by atoms with Gasteiger partial charge in [0.25, 0.3) is 0 Å². The number of hydrogen-bond donors (Lipinski definition) is 0. The molecule has 0 N–H and O–H groups in total. The molecule has 1 unspecified atom stereocenters. The highest BCUT2D eigenvalue weighted by atomic mass is 19.2. The van der Waals surface area contributed by atoms with Gasteiger partial charge in [-0.25, -0.2) is 8.78 Å². The van der Waals surface area contributed by atoms with Crippen LogP contribution in [0.5, 0.6) is 0 Å². The van der Waals surface area contributed by atoms with Crippen molar-refractivity contribution >= 4 is 6.29 Å². The molecule has 0 radical (unpaired) electrons. The second-order valence-corrected chi connectivity index (χ2v) is 1.53. The molecular formula is C4H6F2O. The first-order valence-electron chi connectivity index (χ1n) is 1.83. The summed E-state index contributed by atoms with van der Waals surface area (Å²) in [5.41, 5.74) is -2.26. The van der Waals surface area contributed by atoms with Crippen molar-refractivity contribution in [2.75, 3.05) is 6.67 Å². The van der Waals surface area contributed by atoms with Crippen molar-refractivity contribution in [2.24, 2.45) is 0 Å². The van der Waals surface area contributed by atoms with Crippen molar-refractivity contribution in [1.29, 1.82) is 0 Å². The van der Waals surface area contributed by atoms with E-state index in [-0.39, 0.29) is 6.29 Å². The van der Waals surface area contributed by atoms with Gasteiger partial charge in [-0.2, -0.15) is 0 Å². The summed E-state index contributed by atoms with van der Waals surface area (Å²) in [4.78, 5) is 9.44. The molecule has 0 aromatic rings. The molecule has 0 fully saturated rings. The van der Waals surface area contributed by atoms with Gasteiger partial charge in [0.1, 0.15) is 6.67 Å². The standard InChI is InChI=1S/C4H6F2O/c1-4(6,2-5)3-7/h3H,2H2,1H3. The average molecular weight is 108 g/mol. The van der Waals surface area contributed by atoms with Crippen LogP contribution in [0.1, 0.15) is 6.92 Å². The molecule has 0 aliphatic rings. The Bertz CT molecular complexity index is 70.1. The maximum absolute atomic E-state index is 11.8. The molecule has 0 heterocycles. The second-order valence-electron chi connectivity index (χ2n) is 1.53. The smallest absolute Gasteiger partial charge is 0.191 e. The van der Waals surface area contributed by atoms with Crippen LogP contribution in [0.2, 0.25) is 0 Å². The number of halogens is 2. The highest BCUT2D eigenvalue weighted by molar-refractivity contribution is 5.61. The lowest BCUT2D eigenvalue weighted by Gasteiger charge is -2.02. The number of aldehydes is 1. The fraction of sp³-hybridized carbons (Fsp3) is 0.750. The maximum atomic E-state index is 11.8. The lowest BCUT2D eigenvalue weighted by atomic mass is 10.2. The van der Waals surface area contributed by atoms with Crippen LogP contribution in [0.15, 0.2) is 0 Å². The Labute approximate surface area is 40.3 Å². The van der Waals surface area contributed by atoms with Crippen molar-refractivity contribution in [3.63, 3.8) is 0 Å². The van der Waals surface area contributed by atoms with Crippen LogP contribution in [-0.2, 0) is 4.79 Å². The maximum Gasteiger partial charge on any atom is 0.191 e. The third kappa shape index (κ3) is 2.25. The van der Waals surface area contributed by atoms with E-state index in [0.717, 1.165) is 6.92 Å². The van der Waals surface area contributed by atoms with Crippen molar-refractivity contribution < 1.29 is 13.6 Å². The Morgan fingerprint density at radius 3 is 2.29 bits per heavy atom. The van der Waals surface area contributed by atoms with Gasteiger partial charge in [0, 0.05) is 0 Å². The van der Waals surface area contributed by atoms with E-state index in [1.54, 1.807) is 0 Å². The van der Waals surface area contributed by atoms with E-state index >= 15 is 0 Å². The van der Waals surface area contributed by atoms with Crippen molar-refractivity contribution in [2.45, 2.75) is 12.6 Å². The molecule has 1 atom stereocenters. The summed E-state index contributed by atoms with van der Waals surface area (Å²) in [5, 5.41) is 0. The minimum atomic E-state index is -2.26. The first kappa shape index (κ1) is 6.53. The molecular weight excluding hydrogens is 102 g/mol. The van der Waals surface area contributed by atoms with Gasteiger partial charge < -0.3 is 0 Å². The van der Waals surface area contributed by atoms with Gasteiger partial charge in [0.15, 0.2) is 12.0 Å². The van der Waals surface area contributed by atoms with E-state index in [1.165, 1.54) is 0 Å². The Morgan fingerprint density at radius 2 is 2.29 bits per heavy atom. The molecule has 0 amide bonds. The Morgan fingerprint density at radius 1 is 1.86 bits per heavy atom. The molecule has 0 aromatic heterocycles. The topological polar surface area (TPSA) is 17.1 Å². The molecule has 7 heavy (non-hydrogen) atoms. The summed E-state index contributed by atoms with van der Waals surface area (Å²) in [7, 11) is 0. The third-order valence-corrected chi connectivity index (χ3v) is 0.507. The number of carbonyl (C=O) groups is 1. The number of alkyl halides is 2. The molecule has 0 spiro atoms. The van der Waals surface area contributed by atoms with Gasteiger partial charge in [0.2, 0.25) is 0 Å². The van der Waals surface area contributed by atoms with Crippen LogP contribution in [0, 0.1) is 0 Å². The largest absolute Gasteiger partial charge is 0.300 e. The summed E-state index contributed by atoms with van der Waals surface area (Å²) < 4.78 is 23.0. The zero-order valence-electron chi connectivity index (χ0n) is 3.95. The summed E-state index contributed by atoms with van der Waals surface area (Å²) in [6.45, 7) is -0.351. The van der Waals surface area contributed by atoms with Crippen LogP contribution in [0.4, 0.5) is 8.78 Å². The first-order chi connectivity index (χ1) is 3.12. The molecule has 0 aromatic carbocycles. The first-order valence-corrected chi connectivity index (χ1v) is 1.83. The molecule has 1 nitrogen and oxygen atoms in total. The molecule has 0 bridgehead atoms. The van der Waals surface area contributed by atoms with Crippen molar-refractivity contribution in [1.82, 2.24) is 0 Å². The predicted molar refractivity (Wildman–Crippen MR) is 21.6 cm³/mol. The third-order valence-electron chi connectivity index (χ3n) is 0.507. The quantitative estimate of drug-likeness (QED) is 0.480. The number of carbonyl (C=O) groups excluding carboxylic acids is 1. The molecule has 0 aliphatic carbocycles. The van der Waals surface area contributed by atoms with E-state index in [4.69, 9.17) is 0 Å². The summed E-state index contributed by atoms with van der Waals surface area (Å²) >= 11 is 0. The SMILES string of the molecule is CC(F)(C=O)CF. The van der Waals surface area contributed by atoms with Gasteiger partial charge in [-0.15, -0.1) is 0 Å². The Balaban J connectivity index is 3.58. The predicted octanol–water partition coefficient (Wildman–Crippen LogP) is 0.883. The van der Waals surface area contributed by atoms with Crippen LogP contribution >= 0.6 is 0 Å². The minimum absolute atomic E-state index is 0.0486. The monoisotopic (exact) mass is 108 g/mol. The fourth-order valence-corrected chi connectivity index (χ4v) is 0.0315.